The maximum absolute atomic E-state index is 12.2. The van der Waals surface area contributed by atoms with Crippen molar-refractivity contribution in [2.45, 2.75) is 26.9 Å². The fourth-order valence-electron chi connectivity index (χ4n) is 2.09. The van der Waals surface area contributed by atoms with E-state index in [2.05, 4.69) is 5.32 Å². The minimum atomic E-state index is -0.931. The van der Waals surface area contributed by atoms with E-state index in [0.717, 1.165) is 11.1 Å². The van der Waals surface area contributed by atoms with Crippen LogP contribution in [0.15, 0.2) is 42.5 Å². The molecular formula is C18H18ClNO3. The molecule has 0 bridgehead atoms. The van der Waals surface area contributed by atoms with E-state index in [1.807, 2.05) is 32.0 Å². The van der Waals surface area contributed by atoms with Crippen molar-refractivity contribution in [3.63, 3.8) is 0 Å². The van der Waals surface area contributed by atoms with Crippen LogP contribution in [0.5, 0.6) is 0 Å². The Hall–Kier alpha value is -2.33. The van der Waals surface area contributed by atoms with Crippen LogP contribution in [0.2, 0.25) is 5.02 Å². The molecule has 0 fully saturated rings. The lowest BCUT2D eigenvalue weighted by Gasteiger charge is -2.15. The number of halogens is 1. The highest BCUT2D eigenvalue weighted by Crippen LogP contribution is 2.18. The van der Waals surface area contributed by atoms with E-state index in [4.69, 9.17) is 16.3 Å². The summed E-state index contributed by atoms with van der Waals surface area (Å²) in [4.78, 5) is 24.2. The summed E-state index contributed by atoms with van der Waals surface area (Å²) in [7, 11) is 0. The van der Waals surface area contributed by atoms with Gasteiger partial charge in [-0.15, -0.1) is 0 Å². The van der Waals surface area contributed by atoms with Crippen LogP contribution < -0.4 is 5.32 Å². The molecule has 1 N–H and O–H groups in total. The first-order valence-electron chi connectivity index (χ1n) is 7.22. The van der Waals surface area contributed by atoms with Crippen molar-refractivity contribution in [1.82, 2.24) is 0 Å². The summed E-state index contributed by atoms with van der Waals surface area (Å²) in [5.41, 5.74) is 2.99. The van der Waals surface area contributed by atoms with Crippen LogP contribution in [0.25, 0.3) is 0 Å². The summed E-state index contributed by atoms with van der Waals surface area (Å²) in [6, 6.07) is 12.3. The van der Waals surface area contributed by atoms with E-state index >= 15 is 0 Å². The van der Waals surface area contributed by atoms with E-state index < -0.39 is 18.0 Å². The van der Waals surface area contributed by atoms with E-state index in [0.29, 0.717) is 10.7 Å². The molecular weight excluding hydrogens is 314 g/mol. The van der Waals surface area contributed by atoms with Gasteiger partial charge in [0.05, 0.1) is 10.6 Å². The van der Waals surface area contributed by atoms with Gasteiger partial charge in [-0.2, -0.15) is 0 Å². The summed E-state index contributed by atoms with van der Waals surface area (Å²) in [5, 5.41) is 3.05. The lowest BCUT2D eigenvalue weighted by molar-refractivity contribution is -0.123. The van der Waals surface area contributed by atoms with E-state index in [-0.39, 0.29) is 5.56 Å². The van der Waals surface area contributed by atoms with Crippen molar-refractivity contribution in [3.05, 3.63) is 64.2 Å². The van der Waals surface area contributed by atoms with Crippen LogP contribution in [0.1, 0.15) is 28.4 Å². The second kappa shape index (κ2) is 7.29. The number of benzene rings is 2. The molecule has 0 saturated heterocycles. The van der Waals surface area contributed by atoms with Crippen molar-refractivity contribution >= 4 is 29.2 Å². The molecule has 0 aliphatic rings. The summed E-state index contributed by atoms with van der Waals surface area (Å²) < 4.78 is 5.18. The average Bonchev–Trinajstić information content (AvgIpc) is 2.50. The Balaban J connectivity index is 2.03. The predicted molar refractivity (Wildman–Crippen MR) is 90.9 cm³/mol. The Morgan fingerprint density at radius 1 is 1.13 bits per heavy atom. The summed E-state index contributed by atoms with van der Waals surface area (Å²) in [6.07, 6.45) is -0.931. The second-order valence-electron chi connectivity index (χ2n) is 5.34. The van der Waals surface area contributed by atoms with Crippen LogP contribution in [-0.2, 0) is 9.53 Å². The fourth-order valence-corrected chi connectivity index (χ4v) is 2.31. The molecule has 0 saturated carbocycles. The molecule has 0 unspecified atom stereocenters. The topological polar surface area (TPSA) is 55.4 Å². The molecule has 120 valence electrons. The van der Waals surface area contributed by atoms with Gasteiger partial charge in [-0.3, -0.25) is 4.79 Å². The molecule has 0 aliphatic heterocycles. The van der Waals surface area contributed by atoms with Crippen molar-refractivity contribution in [3.8, 4) is 0 Å². The molecule has 2 aromatic carbocycles. The summed E-state index contributed by atoms with van der Waals surface area (Å²) in [5.74, 6) is -1.02. The van der Waals surface area contributed by atoms with Gasteiger partial charge in [-0.05, 0) is 44.5 Å². The molecule has 1 atom stereocenters. The van der Waals surface area contributed by atoms with Crippen LogP contribution in [0.3, 0.4) is 0 Å². The van der Waals surface area contributed by atoms with Crippen molar-refractivity contribution < 1.29 is 14.3 Å². The van der Waals surface area contributed by atoms with E-state index in [1.54, 1.807) is 24.3 Å². The van der Waals surface area contributed by atoms with Gasteiger partial charge >= 0.3 is 5.97 Å². The van der Waals surface area contributed by atoms with Crippen molar-refractivity contribution in [2.24, 2.45) is 0 Å². The molecule has 5 heteroatoms. The first kappa shape index (κ1) is 17.0. The molecule has 1 amide bonds. The molecule has 0 spiro atoms. The molecule has 4 nitrogen and oxygen atoms in total. The number of aryl methyl sites for hydroxylation is 2. The number of ether oxygens (including phenoxy) is 1. The van der Waals surface area contributed by atoms with Crippen LogP contribution >= 0.6 is 11.6 Å². The molecule has 23 heavy (non-hydrogen) atoms. The minimum Gasteiger partial charge on any atom is -0.449 e. The third-order valence-corrected chi connectivity index (χ3v) is 3.72. The van der Waals surface area contributed by atoms with Gasteiger partial charge in [-0.25, -0.2) is 4.79 Å². The smallest absolute Gasteiger partial charge is 0.340 e. The zero-order valence-corrected chi connectivity index (χ0v) is 14.0. The Labute approximate surface area is 140 Å². The lowest BCUT2D eigenvalue weighted by atomic mass is 10.1. The number of hydrogen-bond acceptors (Lipinski definition) is 3. The van der Waals surface area contributed by atoms with Gasteiger partial charge in [0.25, 0.3) is 5.91 Å². The van der Waals surface area contributed by atoms with Gasteiger partial charge in [0.1, 0.15) is 0 Å². The fraction of sp³-hybridized carbons (Fsp3) is 0.222. The lowest BCUT2D eigenvalue weighted by Crippen LogP contribution is -2.30. The third kappa shape index (κ3) is 4.33. The molecule has 2 aromatic rings. The van der Waals surface area contributed by atoms with Crippen LogP contribution in [-0.4, -0.2) is 18.0 Å². The monoisotopic (exact) mass is 331 g/mol. The second-order valence-corrected chi connectivity index (χ2v) is 5.74. The average molecular weight is 332 g/mol. The number of rotatable bonds is 4. The molecule has 2 rings (SSSR count). The van der Waals surface area contributed by atoms with Gasteiger partial charge < -0.3 is 10.1 Å². The minimum absolute atomic E-state index is 0.236. The van der Waals surface area contributed by atoms with Gasteiger partial charge in [0.2, 0.25) is 0 Å². The molecule has 0 aromatic heterocycles. The highest BCUT2D eigenvalue weighted by Gasteiger charge is 2.20. The third-order valence-electron chi connectivity index (χ3n) is 3.39. The number of carbonyl (C=O) groups excluding carboxylic acids is 2. The van der Waals surface area contributed by atoms with E-state index in [1.165, 1.54) is 6.92 Å². The zero-order valence-electron chi connectivity index (χ0n) is 13.2. The molecule has 0 aliphatic carbocycles. The standard InChI is InChI=1S/C18H18ClNO3/c1-11-8-9-16(12(2)10-11)20-17(21)13(3)23-18(22)14-6-4-5-7-15(14)19/h4-10,13H,1-3H3,(H,20,21)/t13-/m1/s1. The quantitative estimate of drug-likeness (QED) is 0.857. The number of anilines is 1. The molecule has 0 radical (unpaired) electrons. The largest absolute Gasteiger partial charge is 0.449 e. The first-order chi connectivity index (χ1) is 10.9. The Morgan fingerprint density at radius 3 is 2.48 bits per heavy atom. The van der Waals surface area contributed by atoms with Crippen LogP contribution in [0, 0.1) is 13.8 Å². The Morgan fingerprint density at radius 2 is 1.83 bits per heavy atom. The Bertz CT molecular complexity index is 743. The summed E-state index contributed by atoms with van der Waals surface area (Å²) in [6.45, 7) is 5.41. The van der Waals surface area contributed by atoms with Crippen molar-refractivity contribution in [2.75, 3.05) is 5.32 Å². The maximum atomic E-state index is 12.2. The number of amides is 1. The van der Waals surface area contributed by atoms with Crippen LogP contribution in [0.4, 0.5) is 5.69 Å². The Kier molecular flexibility index (Phi) is 5.40. The number of hydrogen-bond donors (Lipinski definition) is 1. The van der Waals surface area contributed by atoms with Gasteiger partial charge in [0.15, 0.2) is 6.10 Å². The number of esters is 1. The highest BCUT2D eigenvalue weighted by molar-refractivity contribution is 6.33. The number of carbonyl (C=O) groups is 2. The van der Waals surface area contributed by atoms with Crippen molar-refractivity contribution in [1.29, 1.82) is 0 Å². The van der Waals surface area contributed by atoms with Gasteiger partial charge in [0, 0.05) is 5.69 Å². The highest BCUT2D eigenvalue weighted by atomic mass is 35.5. The van der Waals surface area contributed by atoms with E-state index in [9.17, 15) is 9.59 Å². The first-order valence-corrected chi connectivity index (χ1v) is 7.60. The SMILES string of the molecule is Cc1ccc(NC(=O)[C@@H](C)OC(=O)c2ccccc2Cl)c(C)c1. The zero-order chi connectivity index (χ0) is 17.0. The normalized spacial score (nSPS) is 11.7. The number of nitrogens with one attached hydrogen (secondary N) is 1. The summed E-state index contributed by atoms with van der Waals surface area (Å²) >= 11 is 5.95. The predicted octanol–water partition coefficient (Wildman–Crippen LogP) is 4.14. The molecule has 0 heterocycles. The maximum Gasteiger partial charge on any atom is 0.340 e. The van der Waals surface area contributed by atoms with Gasteiger partial charge in [-0.1, -0.05) is 41.4 Å².